The Morgan fingerprint density at radius 1 is 1.12 bits per heavy atom. The third-order valence-electron chi connectivity index (χ3n) is 12.4. The Labute approximate surface area is 251 Å². The molecule has 1 saturated heterocycles. The summed E-state index contributed by atoms with van der Waals surface area (Å²) in [5, 5.41) is 12.4. The second-order valence-electron chi connectivity index (χ2n) is 15.2. The fraction of sp³-hybridized carbons (Fsp3) is 0.622. The predicted molar refractivity (Wildman–Crippen MR) is 165 cm³/mol. The Morgan fingerprint density at radius 3 is 2.50 bits per heavy atom. The van der Waals surface area contributed by atoms with Crippen LogP contribution in [-0.4, -0.2) is 53.6 Å². The van der Waals surface area contributed by atoms with Crippen LogP contribution in [0.4, 0.5) is 0 Å². The molecular formula is C37H47NO4. The number of likely N-dealkylation sites (tertiary alicyclic amines) is 1. The lowest BCUT2D eigenvalue weighted by Gasteiger charge is -2.69. The van der Waals surface area contributed by atoms with Gasteiger partial charge < -0.3 is 19.3 Å². The molecule has 1 N–H and O–H groups in total. The first kappa shape index (κ1) is 28.3. The van der Waals surface area contributed by atoms with Crippen LogP contribution in [0.15, 0.2) is 42.5 Å². The molecule has 3 aliphatic carbocycles. The van der Waals surface area contributed by atoms with Gasteiger partial charge in [0.05, 0.1) is 16.4 Å². The molecule has 0 aromatic heterocycles. The van der Waals surface area contributed by atoms with Crippen LogP contribution < -0.4 is 9.47 Å². The Kier molecular flexibility index (Phi) is 6.22. The Bertz CT molecular complexity index is 1420. The van der Waals surface area contributed by atoms with Gasteiger partial charge in [-0.3, -0.25) is 4.90 Å². The van der Waals surface area contributed by atoms with Crippen molar-refractivity contribution in [2.75, 3.05) is 20.2 Å². The van der Waals surface area contributed by atoms with E-state index in [-0.39, 0.29) is 18.1 Å². The van der Waals surface area contributed by atoms with Gasteiger partial charge in [0.2, 0.25) is 0 Å². The van der Waals surface area contributed by atoms with Gasteiger partial charge in [0, 0.05) is 31.2 Å². The summed E-state index contributed by atoms with van der Waals surface area (Å²) in [6.07, 6.45) is 11.6. The Morgan fingerprint density at radius 2 is 1.86 bits per heavy atom. The maximum Gasteiger partial charge on any atom is 0.166 e. The molecule has 224 valence electrons. The molecule has 5 aliphatic rings. The van der Waals surface area contributed by atoms with Crippen LogP contribution in [0.5, 0.6) is 11.5 Å². The number of nitrogens with zero attached hydrogens (tertiary/aromatic N) is 1. The largest absolute Gasteiger partial charge is 0.485 e. The molecule has 0 unspecified atom stereocenters. The van der Waals surface area contributed by atoms with Crippen molar-refractivity contribution in [3.63, 3.8) is 0 Å². The number of ether oxygens (including phenoxy) is 3. The van der Waals surface area contributed by atoms with Crippen molar-refractivity contribution >= 4 is 0 Å². The molecule has 2 aromatic carbocycles. The Balaban J connectivity index is 1.42. The minimum atomic E-state index is -1.05. The van der Waals surface area contributed by atoms with Crippen molar-refractivity contribution in [3.05, 3.63) is 59.2 Å². The average Bonchev–Trinajstić information content (AvgIpc) is 3.71. The lowest BCUT2D eigenvalue weighted by atomic mass is 9.38. The van der Waals surface area contributed by atoms with Gasteiger partial charge in [-0.05, 0) is 81.0 Å². The molecule has 5 nitrogen and oxygen atoms in total. The topological polar surface area (TPSA) is 51.2 Å². The van der Waals surface area contributed by atoms with Gasteiger partial charge >= 0.3 is 0 Å². The van der Waals surface area contributed by atoms with Crippen molar-refractivity contribution in [2.24, 2.45) is 22.7 Å². The van der Waals surface area contributed by atoms with E-state index in [1.165, 1.54) is 24.0 Å². The van der Waals surface area contributed by atoms with Crippen LogP contribution >= 0.6 is 0 Å². The standard InChI is InChI=1S/C37H47NO4/c1-8-36-21-28(35(6,39)33(2,3)4)34(5,40-7)32-37(36)18-19-38(22-24-14-15-24)29(36)20-26-16-17-27(31(42-32)30(26)37)41-23-25-12-10-9-11-13-25/h1,9-13,16-17,24,28-29,32,39H,14-15,18-23H2,2-7H3/t28-,29+,32-,34-,35+,36+,37-/m1/s1. The lowest BCUT2D eigenvalue weighted by Crippen LogP contribution is -2.79. The van der Waals surface area contributed by atoms with Crippen molar-refractivity contribution in [3.8, 4) is 23.8 Å². The van der Waals surface area contributed by atoms with E-state index in [0.29, 0.717) is 13.0 Å². The van der Waals surface area contributed by atoms with E-state index in [0.717, 1.165) is 48.9 Å². The molecule has 42 heavy (non-hydrogen) atoms. The van der Waals surface area contributed by atoms with Crippen LogP contribution in [0, 0.1) is 35.0 Å². The third-order valence-corrected chi connectivity index (χ3v) is 12.4. The highest BCUT2D eigenvalue weighted by molar-refractivity contribution is 5.64. The number of terminal acetylenes is 1. The number of aliphatic hydroxyl groups is 1. The van der Waals surface area contributed by atoms with Gasteiger partial charge in [-0.15, -0.1) is 6.42 Å². The van der Waals surface area contributed by atoms with Gasteiger partial charge in [-0.2, -0.15) is 0 Å². The highest BCUT2D eigenvalue weighted by Gasteiger charge is 2.79. The summed E-state index contributed by atoms with van der Waals surface area (Å²) in [7, 11) is 1.79. The number of piperidine rings is 1. The van der Waals surface area contributed by atoms with E-state index in [4.69, 9.17) is 20.6 Å². The first-order valence-electron chi connectivity index (χ1n) is 15.9. The van der Waals surface area contributed by atoms with Crippen LogP contribution in [0.2, 0.25) is 0 Å². The molecule has 2 bridgehead atoms. The quantitative estimate of drug-likeness (QED) is 0.406. The third kappa shape index (κ3) is 3.61. The molecule has 2 saturated carbocycles. The zero-order chi connectivity index (χ0) is 29.7. The van der Waals surface area contributed by atoms with Gasteiger partial charge in [0.15, 0.2) is 11.5 Å². The summed E-state index contributed by atoms with van der Waals surface area (Å²) in [6.45, 7) is 13.1. The fourth-order valence-corrected chi connectivity index (χ4v) is 9.41. The van der Waals surface area contributed by atoms with E-state index in [2.05, 4.69) is 62.8 Å². The molecule has 2 aliphatic heterocycles. The molecule has 0 amide bonds. The highest BCUT2D eigenvalue weighted by atomic mass is 16.6. The highest BCUT2D eigenvalue weighted by Crippen LogP contribution is 2.73. The number of rotatable bonds is 7. The zero-order valence-corrected chi connectivity index (χ0v) is 26.2. The van der Waals surface area contributed by atoms with Gasteiger partial charge in [0.1, 0.15) is 18.3 Å². The molecule has 3 fully saturated rings. The summed E-state index contributed by atoms with van der Waals surface area (Å²) in [5.41, 5.74) is 0.552. The first-order valence-corrected chi connectivity index (χ1v) is 15.9. The lowest BCUT2D eigenvalue weighted by molar-refractivity contribution is -0.262. The number of hydrogen-bond donors (Lipinski definition) is 1. The molecule has 2 aromatic rings. The smallest absolute Gasteiger partial charge is 0.166 e. The number of hydrogen-bond acceptors (Lipinski definition) is 5. The second kappa shape index (κ2) is 9.24. The van der Waals surface area contributed by atoms with Crippen molar-refractivity contribution in [1.82, 2.24) is 4.90 Å². The van der Waals surface area contributed by atoms with Crippen molar-refractivity contribution in [2.45, 2.75) is 102 Å². The van der Waals surface area contributed by atoms with Gasteiger partial charge in [-0.25, -0.2) is 0 Å². The summed E-state index contributed by atoms with van der Waals surface area (Å²) in [4.78, 5) is 2.71. The molecular weight excluding hydrogens is 522 g/mol. The van der Waals surface area contributed by atoms with Gasteiger partial charge in [0.25, 0.3) is 0 Å². The van der Waals surface area contributed by atoms with Gasteiger partial charge in [-0.1, -0.05) is 63.1 Å². The van der Waals surface area contributed by atoms with E-state index in [9.17, 15) is 5.11 Å². The summed E-state index contributed by atoms with van der Waals surface area (Å²) >= 11 is 0. The van der Waals surface area contributed by atoms with Crippen molar-refractivity contribution in [1.29, 1.82) is 0 Å². The average molecular weight is 570 g/mol. The number of methoxy groups -OCH3 is 1. The minimum Gasteiger partial charge on any atom is -0.485 e. The van der Waals surface area contributed by atoms with E-state index < -0.39 is 27.4 Å². The SMILES string of the molecule is C#C[C@@]12C[C@@H]([C@](C)(O)C(C)(C)C)[C@@](C)(OC)[C@H]3Oc4c(OCc5ccccc5)ccc5c4[C@]31CCN(CC1CC1)[C@H]2C5. The molecule has 2 heterocycles. The van der Waals surface area contributed by atoms with Crippen LogP contribution in [0.3, 0.4) is 0 Å². The van der Waals surface area contributed by atoms with E-state index in [1.54, 1.807) is 7.11 Å². The summed E-state index contributed by atoms with van der Waals surface area (Å²) in [6, 6.07) is 14.8. The van der Waals surface area contributed by atoms with E-state index >= 15 is 0 Å². The monoisotopic (exact) mass is 569 g/mol. The maximum atomic E-state index is 12.4. The fourth-order valence-electron chi connectivity index (χ4n) is 9.41. The number of benzene rings is 2. The van der Waals surface area contributed by atoms with Crippen LogP contribution in [0.1, 0.15) is 77.0 Å². The van der Waals surface area contributed by atoms with Crippen LogP contribution in [-0.2, 0) is 23.2 Å². The Hall–Kier alpha value is -2.52. The normalized spacial score (nSPS) is 36.4. The molecule has 1 spiro atoms. The minimum absolute atomic E-state index is 0.192. The molecule has 7 rings (SSSR count). The second-order valence-corrected chi connectivity index (χ2v) is 15.2. The molecule has 5 heteroatoms. The zero-order valence-electron chi connectivity index (χ0n) is 26.2. The summed E-state index contributed by atoms with van der Waals surface area (Å²) in [5.74, 6) is 5.64. The van der Waals surface area contributed by atoms with Crippen molar-refractivity contribution < 1.29 is 19.3 Å². The molecule has 0 radical (unpaired) electrons. The first-order chi connectivity index (χ1) is 19.9. The summed E-state index contributed by atoms with van der Waals surface area (Å²) < 4.78 is 20.3. The maximum absolute atomic E-state index is 12.4. The molecule has 7 atom stereocenters. The predicted octanol–water partition coefficient (Wildman–Crippen LogP) is 6.15. The van der Waals surface area contributed by atoms with E-state index in [1.807, 2.05) is 25.1 Å². The van der Waals surface area contributed by atoms with Crippen LogP contribution in [0.25, 0.3) is 0 Å².